The van der Waals surface area contributed by atoms with Crippen LogP contribution in [0.2, 0.25) is 77.6 Å². The Morgan fingerprint density at radius 2 is 0.875 bits per heavy atom. The van der Waals surface area contributed by atoms with Gasteiger partial charge in [-0.1, -0.05) is 0 Å². The van der Waals surface area contributed by atoms with Crippen molar-refractivity contribution in [3.8, 4) is 0 Å². The van der Waals surface area contributed by atoms with Gasteiger partial charge in [0.25, 0.3) is 0 Å². The Kier molecular flexibility index (Phi) is 9.04. The van der Waals surface area contributed by atoms with Gasteiger partial charge in [0.05, 0.1) is 0 Å². The Hall–Kier alpha value is 0.884. The van der Waals surface area contributed by atoms with Crippen molar-refractivity contribution in [2.24, 2.45) is 0 Å². The molecule has 10 heteroatoms. The molecule has 146 valence electrons. The summed E-state index contributed by atoms with van der Waals surface area (Å²) in [6.45, 7) is 21.9. The molecule has 0 fully saturated rings. The van der Waals surface area contributed by atoms with Crippen LogP contribution in [-0.2, 0) is 21.2 Å². The highest BCUT2D eigenvalue weighted by molar-refractivity contribution is 6.89. The van der Waals surface area contributed by atoms with Crippen LogP contribution in [0.1, 0.15) is 0 Å². The molecule has 0 saturated heterocycles. The van der Waals surface area contributed by atoms with Crippen molar-refractivity contribution in [3.63, 3.8) is 0 Å². The van der Waals surface area contributed by atoms with E-state index < -0.39 is 42.3 Å². The second-order valence-corrected chi connectivity index (χ2v) is 29.2. The van der Waals surface area contributed by atoms with Crippen molar-refractivity contribution in [1.29, 1.82) is 0 Å². The SMILES string of the molecule is CO[Si](C)(CC[Si](C)(O[Si](C)(C)C)O[Si](C)(C)O[Si](C)(C)C)OC. The normalized spacial score (nSPS) is 17.0. The van der Waals surface area contributed by atoms with Crippen molar-refractivity contribution >= 4 is 42.3 Å². The van der Waals surface area contributed by atoms with Gasteiger partial charge in [-0.3, -0.25) is 0 Å². The predicted octanol–water partition coefficient (Wildman–Crippen LogP) is 4.84. The molecule has 0 aliphatic heterocycles. The van der Waals surface area contributed by atoms with Gasteiger partial charge in [0.15, 0.2) is 16.6 Å². The molecule has 1 atom stereocenters. The van der Waals surface area contributed by atoms with Crippen molar-refractivity contribution < 1.29 is 21.2 Å². The predicted molar refractivity (Wildman–Crippen MR) is 114 cm³/mol. The van der Waals surface area contributed by atoms with Gasteiger partial charge in [0, 0.05) is 14.2 Å². The summed E-state index contributed by atoms with van der Waals surface area (Å²) in [7, 11) is -6.63. The van der Waals surface area contributed by atoms with Crippen LogP contribution in [0, 0.1) is 0 Å². The molecule has 0 amide bonds. The van der Waals surface area contributed by atoms with Crippen molar-refractivity contribution in [2.45, 2.75) is 77.6 Å². The smallest absolute Gasteiger partial charge is 0.334 e. The molecule has 0 aliphatic rings. The average molecular weight is 429 g/mol. The lowest BCUT2D eigenvalue weighted by Gasteiger charge is -2.42. The molecule has 0 radical (unpaired) electrons. The van der Waals surface area contributed by atoms with Crippen LogP contribution in [0.15, 0.2) is 0 Å². The fourth-order valence-electron chi connectivity index (χ4n) is 2.79. The molecule has 24 heavy (non-hydrogen) atoms. The highest BCUT2D eigenvalue weighted by atomic mass is 28.5. The quantitative estimate of drug-likeness (QED) is 0.440. The molecule has 0 aromatic heterocycles. The molecule has 0 spiro atoms. The van der Waals surface area contributed by atoms with Crippen LogP contribution in [0.3, 0.4) is 0 Å². The number of hydrogen-bond acceptors (Lipinski definition) is 5. The monoisotopic (exact) mass is 428 g/mol. The summed E-state index contributed by atoms with van der Waals surface area (Å²) in [5.41, 5.74) is 0. The first-order chi connectivity index (χ1) is 10.4. The van der Waals surface area contributed by atoms with E-state index in [9.17, 15) is 0 Å². The Labute approximate surface area is 155 Å². The Balaban J connectivity index is 5.28. The second kappa shape index (κ2) is 8.72. The van der Waals surface area contributed by atoms with Crippen molar-refractivity contribution in [2.75, 3.05) is 14.2 Å². The highest BCUT2D eigenvalue weighted by Gasteiger charge is 2.46. The molecule has 1 unspecified atom stereocenters. The fourth-order valence-corrected chi connectivity index (χ4v) is 24.1. The lowest BCUT2D eigenvalue weighted by atomic mass is 10.9. The summed E-state index contributed by atoms with van der Waals surface area (Å²) in [5.74, 6) is 0. The molecule has 0 saturated carbocycles. The molecular formula is C14H40O5Si5. The minimum absolute atomic E-state index is 0.880. The van der Waals surface area contributed by atoms with E-state index in [1.165, 1.54) is 0 Å². The lowest BCUT2D eigenvalue weighted by molar-refractivity contribution is 0.248. The maximum Gasteiger partial charge on any atom is 0.334 e. The van der Waals surface area contributed by atoms with E-state index >= 15 is 0 Å². The lowest BCUT2D eigenvalue weighted by Crippen LogP contribution is -2.57. The summed E-state index contributed by atoms with van der Waals surface area (Å²) in [6.07, 6.45) is 0. The molecule has 5 nitrogen and oxygen atoms in total. The Morgan fingerprint density at radius 3 is 1.21 bits per heavy atom. The first kappa shape index (κ1) is 24.9. The third kappa shape index (κ3) is 10.8. The summed E-state index contributed by atoms with van der Waals surface area (Å²) in [6, 6.07) is 1.76. The molecule has 0 bridgehead atoms. The second-order valence-electron chi connectivity index (χ2n) is 9.11. The van der Waals surface area contributed by atoms with Gasteiger partial charge in [0.1, 0.15) is 0 Å². The minimum Gasteiger partial charge on any atom is -0.437 e. The fraction of sp³-hybridized carbons (Fsp3) is 1.00. The molecule has 0 rings (SSSR count). The summed E-state index contributed by atoms with van der Waals surface area (Å²) < 4.78 is 31.0. The molecular weight excluding hydrogens is 389 g/mol. The summed E-state index contributed by atoms with van der Waals surface area (Å²) in [4.78, 5) is 0. The maximum absolute atomic E-state index is 6.68. The highest BCUT2D eigenvalue weighted by Crippen LogP contribution is 2.30. The van der Waals surface area contributed by atoms with E-state index in [-0.39, 0.29) is 0 Å². The first-order valence-electron chi connectivity index (χ1n) is 8.66. The van der Waals surface area contributed by atoms with Crippen LogP contribution >= 0.6 is 0 Å². The van der Waals surface area contributed by atoms with Crippen LogP contribution in [0.5, 0.6) is 0 Å². The first-order valence-corrected chi connectivity index (χ1v) is 23.3. The average Bonchev–Trinajstić information content (AvgIpc) is 2.29. The van der Waals surface area contributed by atoms with Crippen LogP contribution in [0.25, 0.3) is 0 Å². The van der Waals surface area contributed by atoms with Crippen LogP contribution in [0.4, 0.5) is 0 Å². The molecule has 0 aromatic carbocycles. The molecule has 0 aliphatic carbocycles. The van der Waals surface area contributed by atoms with Gasteiger partial charge in [-0.15, -0.1) is 0 Å². The molecule has 0 N–H and O–H groups in total. The van der Waals surface area contributed by atoms with Crippen LogP contribution in [-0.4, -0.2) is 56.5 Å². The van der Waals surface area contributed by atoms with Gasteiger partial charge < -0.3 is 21.2 Å². The standard InChI is InChI=1S/C14H40O5Si5/c1-15-23(11,16-2)13-14-24(12,18-21(6,7)8)19-22(9,10)17-20(3,4)5/h13-14H2,1-12H3. The van der Waals surface area contributed by atoms with E-state index in [0.717, 1.165) is 12.1 Å². The molecule has 0 aromatic rings. The Morgan fingerprint density at radius 1 is 0.500 bits per heavy atom. The zero-order chi connectivity index (χ0) is 19.4. The summed E-state index contributed by atoms with van der Waals surface area (Å²) >= 11 is 0. The Bertz CT molecular complexity index is 390. The zero-order valence-electron chi connectivity index (χ0n) is 18.0. The van der Waals surface area contributed by atoms with Crippen molar-refractivity contribution in [1.82, 2.24) is 0 Å². The van der Waals surface area contributed by atoms with E-state index in [1.54, 1.807) is 14.2 Å². The van der Waals surface area contributed by atoms with E-state index in [2.05, 4.69) is 65.5 Å². The summed E-state index contributed by atoms with van der Waals surface area (Å²) in [5, 5.41) is 0. The van der Waals surface area contributed by atoms with Gasteiger partial charge in [-0.2, -0.15) is 0 Å². The van der Waals surface area contributed by atoms with Crippen LogP contribution < -0.4 is 0 Å². The van der Waals surface area contributed by atoms with E-state index in [4.69, 9.17) is 21.2 Å². The molecule has 0 heterocycles. The largest absolute Gasteiger partial charge is 0.437 e. The van der Waals surface area contributed by atoms with E-state index in [0.29, 0.717) is 0 Å². The third-order valence-corrected chi connectivity index (χ3v) is 20.3. The van der Waals surface area contributed by atoms with E-state index in [1.807, 2.05) is 0 Å². The topological polar surface area (TPSA) is 46.2 Å². The van der Waals surface area contributed by atoms with Gasteiger partial charge >= 0.3 is 25.7 Å². The maximum atomic E-state index is 6.68. The number of hydrogen-bond donors (Lipinski definition) is 0. The minimum atomic E-state index is -2.37. The van der Waals surface area contributed by atoms with Gasteiger partial charge in [0.2, 0.25) is 0 Å². The van der Waals surface area contributed by atoms with Gasteiger partial charge in [-0.05, 0) is 77.6 Å². The number of rotatable bonds is 11. The zero-order valence-corrected chi connectivity index (χ0v) is 23.0. The third-order valence-electron chi connectivity index (χ3n) is 3.43. The van der Waals surface area contributed by atoms with Crippen molar-refractivity contribution in [3.05, 3.63) is 0 Å². The van der Waals surface area contributed by atoms with Gasteiger partial charge in [-0.25, -0.2) is 0 Å².